The van der Waals surface area contributed by atoms with E-state index >= 15 is 0 Å². The Morgan fingerprint density at radius 2 is 2.36 bits per heavy atom. The number of hydrogen-bond acceptors (Lipinski definition) is 2. The molecule has 0 bridgehead atoms. The van der Waals surface area contributed by atoms with Crippen LogP contribution in [0.1, 0.15) is 18.4 Å². The van der Waals surface area contributed by atoms with Crippen molar-refractivity contribution >= 4 is 11.0 Å². The minimum atomic E-state index is -0.230. The lowest BCUT2D eigenvalue weighted by Crippen LogP contribution is -2.02. The van der Waals surface area contributed by atoms with Crippen LogP contribution >= 0.6 is 0 Å². The van der Waals surface area contributed by atoms with Crippen molar-refractivity contribution < 1.29 is 0 Å². The molecule has 0 aliphatic heterocycles. The second kappa shape index (κ2) is 2.36. The van der Waals surface area contributed by atoms with Gasteiger partial charge < -0.3 is 4.98 Å². The molecule has 3 heteroatoms. The summed E-state index contributed by atoms with van der Waals surface area (Å²) in [7, 11) is 0. The van der Waals surface area contributed by atoms with Crippen molar-refractivity contribution in [2.24, 2.45) is 0 Å². The number of aromatic nitrogens is 2. The van der Waals surface area contributed by atoms with Crippen LogP contribution in [-0.2, 0) is 5.41 Å². The Morgan fingerprint density at radius 3 is 3.07 bits per heavy atom. The van der Waals surface area contributed by atoms with Crippen LogP contribution in [0, 0.1) is 11.3 Å². The Kier molecular flexibility index (Phi) is 1.27. The second-order valence-corrected chi connectivity index (χ2v) is 3.83. The lowest BCUT2D eigenvalue weighted by Gasteiger charge is -2.04. The Morgan fingerprint density at radius 1 is 1.50 bits per heavy atom. The molecule has 3 nitrogen and oxygen atoms in total. The van der Waals surface area contributed by atoms with Gasteiger partial charge in [0, 0.05) is 12.4 Å². The normalized spacial score (nSPS) is 17.9. The Labute approximate surface area is 81.4 Å². The van der Waals surface area contributed by atoms with Gasteiger partial charge in [-0.25, -0.2) is 0 Å². The van der Waals surface area contributed by atoms with Crippen LogP contribution in [0.3, 0.4) is 0 Å². The Balaban J connectivity index is 2.19. The summed E-state index contributed by atoms with van der Waals surface area (Å²) in [6, 6.07) is 6.35. The number of nitrogens with zero attached hydrogens (tertiary/aromatic N) is 2. The highest BCUT2D eigenvalue weighted by Crippen LogP contribution is 2.47. The Hall–Kier alpha value is -1.82. The molecule has 2 aromatic rings. The summed E-state index contributed by atoms with van der Waals surface area (Å²) in [4.78, 5) is 7.43. The minimum absolute atomic E-state index is 0.230. The van der Waals surface area contributed by atoms with Crippen LogP contribution in [-0.4, -0.2) is 9.97 Å². The molecule has 0 aromatic carbocycles. The maximum atomic E-state index is 9.04. The van der Waals surface area contributed by atoms with Crippen molar-refractivity contribution in [3.63, 3.8) is 0 Å². The summed E-state index contributed by atoms with van der Waals surface area (Å²) < 4.78 is 0. The lowest BCUT2D eigenvalue weighted by atomic mass is 10.00. The van der Waals surface area contributed by atoms with Gasteiger partial charge in [-0.3, -0.25) is 4.98 Å². The topological polar surface area (TPSA) is 52.5 Å². The second-order valence-electron chi connectivity index (χ2n) is 3.83. The van der Waals surface area contributed by atoms with Gasteiger partial charge >= 0.3 is 0 Å². The molecule has 14 heavy (non-hydrogen) atoms. The number of rotatable bonds is 1. The number of fused-ring (bicyclic) bond motifs is 1. The van der Waals surface area contributed by atoms with Gasteiger partial charge in [-0.1, -0.05) is 0 Å². The molecule has 0 atom stereocenters. The van der Waals surface area contributed by atoms with E-state index in [1.807, 2.05) is 24.5 Å². The lowest BCUT2D eigenvalue weighted by molar-refractivity contribution is 0.902. The largest absolute Gasteiger partial charge is 0.360 e. The molecule has 0 saturated heterocycles. The number of nitriles is 1. The van der Waals surface area contributed by atoms with E-state index in [9.17, 15) is 0 Å². The number of pyridine rings is 1. The molecule has 3 rings (SSSR count). The smallest absolute Gasteiger partial charge is 0.0878 e. The fourth-order valence-electron chi connectivity index (χ4n) is 1.79. The van der Waals surface area contributed by atoms with E-state index in [1.54, 1.807) is 0 Å². The van der Waals surface area contributed by atoms with Crippen LogP contribution in [0.4, 0.5) is 0 Å². The third-order valence-corrected chi connectivity index (χ3v) is 2.92. The maximum Gasteiger partial charge on any atom is 0.0878 e. The van der Waals surface area contributed by atoms with Crippen LogP contribution in [0.25, 0.3) is 11.0 Å². The van der Waals surface area contributed by atoms with Crippen molar-refractivity contribution in [3.05, 3.63) is 30.1 Å². The highest BCUT2D eigenvalue weighted by Gasteiger charge is 2.45. The first-order valence-electron chi connectivity index (χ1n) is 4.69. The Bertz CT molecular complexity index is 529. The molecule has 68 valence electrons. The molecule has 1 saturated carbocycles. The third-order valence-electron chi connectivity index (χ3n) is 2.92. The fraction of sp³-hybridized carbons (Fsp3) is 0.273. The van der Waals surface area contributed by atoms with E-state index in [-0.39, 0.29) is 5.41 Å². The molecule has 2 heterocycles. The van der Waals surface area contributed by atoms with Crippen LogP contribution < -0.4 is 0 Å². The van der Waals surface area contributed by atoms with Gasteiger partial charge in [-0.15, -0.1) is 0 Å². The van der Waals surface area contributed by atoms with Crippen molar-refractivity contribution in [2.45, 2.75) is 18.3 Å². The molecule has 0 amide bonds. The van der Waals surface area contributed by atoms with Crippen molar-refractivity contribution in [1.29, 1.82) is 5.26 Å². The van der Waals surface area contributed by atoms with Gasteiger partial charge in [0.15, 0.2) is 0 Å². The molecule has 1 N–H and O–H groups in total. The summed E-state index contributed by atoms with van der Waals surface area (Å²) >= 11 is 0. The van der Waals surface area contributed by atoms with E-state index in [4.69, 9.17) is 5.26 Å². The monoisotopic (exact) mass is 183 g/mol. The van der Waals surface area contributed by atoms with Gasteiger partial charge in [0.1, 0.15) is 0 Å². The molecule has 0 radical (unpaired) electrons. The predicted octanol–water partition coefficient (Wildman–Crippen LogP) is 2.12. The minimum Gasteiger partial charge on any atom is -0.360 e. The zero-order valence-electron chi connectivity index (χ0n) is 7.62. The summed E-state index contributed by atoms with van der Waals surface area (Å²) in [6.07, 6.45) is 5.63. The van der Waals surface area contributed by atoms with Gasteiger partial charge in [0.25, 0.3) is 0 Å². The highest BCUT2D eigenvalue weighted by molar-refractivity contribution is 5.75. The molecular weight excluding hydrogens is 174 g/mol. The van der Waals surface area contributed by atoms with Crippen LogP contribution in [0.5, 0.6) is 0 Å². The van der Waals surface area contributed by atoms with Gasteiger partial charge in [0.05, 0.1) is 22.5 Å². The summed E-state index contributed by atoms with van der Waals surface area (Å²) in [5.74, 6) is 0. The summed E-state index contributed by atoms with van der Waals surface area (Å²) in [6.45, 7) is 0. The van der Waals surface area contributed by atoms with Crippen molar-refractivity contribution in [3.8, 4) is 6.07 Å². The fourth-order valence-corrected chi connectivity index (χ4v) is 1.79. The SMILES string of the molecule is N#CC1(c2cnc3cc[nH]c3c2)CC1. The average Bonchev–Trinajstić information content (AvgIpc) is 2.89. The number of hydrogen-bond donors (Lipinski definition) is 1. The van der Waals surface area contributed by atoms with Gasteiger partial charge in [-0.05, 0) is 30.5 Å². The van der Waals surface area contributed by atoms with E-state index in [0.29, 0.717) is 0 Å². The van der Waals surface area contributed by atoms with Crippen LogP contribution in [0.2, 0.25) is 0 Å². The van der Waals surface area contributed by atoms with E-state index in [2.05, 4.69) is 16.0 Å². The zero-order valence-corrected chi connectivity index (χ0v) is 7.62. The van der Waals surface area contributed by atoms with Gasteiger partial charge in [0.2, 0.25) is 0 Å². The average molecular weight is 183 g/mol. The standard InChI is InChI=1S/C11H9N3/c12-7-11(2-3-11)8-5-10-9(14-6-8)1-4-13-10/h1,4-6,13H,2-3H2. The first-order valence-corrected chi connectivity index (χ1v) is 4.69. The number of nitrogens with one attached hydrogen (secondary N) is 1. The molecule has 0 spiro atoms. The number of aromatic amines is 1. The van der Waals surface area contributed by atoms with Crippen LogP contribution in [0.15, 0.2) is 24.5 Å². The van der Waals surface area contributed by atoms with Gasteiger partial charge in [-0.2, -0.15) is 5.26 Å². The van der Waals surface area contributed by atoms with E-state index in [1.165, 1.54) is 0 Å². The predicted molar refractivity (Wildman–Crippen MR) is 52.6 cm³/mol. The molecule has 2 aromatic heterocycles. The van der Waals surface area contributed by atoms with E-state index < -0.39 is 0 Å². The number of H-pyrrole nitrogens is 1. The first kappa shape index (κ1) is 7.57. The quantitative estimate of drug-likeness (QED) is 0.736. The third kappa shape index (κ3) is 0.882. The highest BCUT2D eigenvalue weighted by atomic mass is 14.8. The van der Waals surface area contributed by atoms with Crippen molar-refractivity contribution in [1.82, 2.24) is 9.97 Å². The zero-order chi connectivity index (χ0) is 9.60. The molecule has 1 fully saturated rings. The summed E-state index contributed by atoms with van der Waals surface area (Å²) in [5.41, 5.74) is 2.80. The molecular formula is C11H9N3. The maximum absolute atomic E-state index is 9.04. The molecule has 1 aliphatic rings. The van der Waals surface area contributed by atoms with Crippen molar-refractivity contribution in [2.75, 3.05) is 0 Å². The molecule has 1 aliphatic carbocycles. The first-order chi connectivity index (χ1) is 6.84. The van der Waals surface area contributed by atoms with E-state index in [0.717, 1.165) is 29.4 Å². The summed E-state index contributed by atoms with van der Waals surface area (Å²) in [5, 5.41) is 9.04. The molecule has 0 unspecified atom stereocenters.